The van der Waals surface area contributed by atoms with Crippen molar-refractivity contribution in [2.75, 3.05) is 14.1 Å². The highest BCUT2D eigenvalue weighted by Crippen LogP contribution is 2.39. The van der Waals surface area contributed by atoms with Gasteiger partial charge in [0.25, 0.3) is 0 Å². The van der Waals surface area contributed by atoms with Crippen molar-refractivity contribution in [3.8, 4) is 0 Å². The average Bonchev–Trinajstić information content (AvgIpc) is 2.27. The fourth-order valence-corrected chi connectivity index (χ4v) is 1.31. The molecule has 2 N–H and O–H groups in total. The van der Waals surface area contributed by atoms with Crippen LogP contribution < -0.4 is 5.50 Å². The molecule has 5 nitrogen and oxygen atoms in total. The summed E-state index contributed by atoms with van der Waals surface area (Å²) in [6.07, 6.45) is 0. The molecule has 0 saturated heterocycles. The van der Waals surface area contributed by atoms with Crippen molar-refractivity contribution < 1.29 is 9.19 Å². The summed E-state index contributed by atoms with van der Waals surface area (Å²) in [7, 11) is -0.138. The van der Waals surface area contributed by atoms with Crippen molar-refractivity contribution >= 4 is 13.4 Å². The van der Waals surface area contributed by atoms with E-state index in [0.717, 1.165) is 5.56 Å². The Morgan fingerprint density at radius 1 is 1.38 bits per heavy atom. The Morgan fingerprint density at radius 3 is 2.44 bits per heavy atom. The topological polar surface area (TPSA) is 67.9 Å². The van der Waals surface area contributed by atoms with Crippen LogP contribution in [0, 0.1) is 0 Å². The van der Waals surface area contributed by atoms with Gasteiger partial charge in [-0.25, -0.2) is 14.7 Å². The van der Waals surface area contributed by atoms with Gasteiger partial charge in [0.2, 0.25) is 0 Å². The minimum atomic E-state index is -3.29. The molecule has 0 aliphatic rings. The van der Waals surface area contributed by atoms with Gasteiger partial charge in [-0.05, 0) is 26.6 Å². The molecule has 6 heteroatoms. The maximum atomic E-state index is 11.6. The summed E-state index contributed by atoms with van der Waals surface area (Å²) in [4.78, 5) is 0. The van der Waals surface area contributed by atoms with E-state index in [1.54, 1.807) is 21.0 Å². The summed E-state index contributed by atoms with van der Waals surface area (Å²) in [5.41, 5.74) is 6.97. The van der Waals surface area contributed by atoms with Crippen LogP contribution in [0.15, 0.2) is 35.5 Å². The molecular formula is C10H16N3O2P. The van der Waals surface area contributed by atoms with E-state index >= 15 is 0 Å². The van der Waals surface area contributed by atoms with Gasteiger partial charge in [-0.2, -0.15) is 0 Å². The van der Waals surface area contributed by atoms with Gasteiger partial charge in [0.05, 0.1) is 5.71 Å². The molecule has 0 radical (unpaired) electrons. The molecule has 1 aromatic rings. The van der Waals surface area contributed by atoms with Crippen LogP contribution >= 0.6 is 7.67 Å². The lowest BCUT2D eigenvalue weighted by molar-refractivity contribution is 0.298. The fraction of sp³-hybridized carbons (Fsp3) is 0.300. The summed E-state index contributed by atoms with van der Waals surface area (Å²) in [6, 6.07) is 9.47. The van der Waals surface area contributed by atoms with Gasteiger partial charge in [0.1, 0.15) is 0 Å². The SMILES string of the molecule is C/C(=N\OP(N)(=O)N(C)C)c1ccccc1. The Balaban J connectivity index is 2.77. The Labute approximate surface area is 95.4 Å². The van der Waals surface area contributed by atoms with Crippen LogP contribution in [0.4, 0.5) is 0 Å². The van der Waals surface area contributed by atoms with Gasteiger partial charge < -0.3 is 4.62 Å². The first kappa shape index (κ1) is 12.9. The molecule has 0 aliphatic heterocycles. The third kappa shape index (κ3) is 3.45. The second kappa shape index (κ2) is 5.25. The number of oxime groups is 1. The van der Waals surface area contributed by atoms with E-state index in [4.69, 9.17) is 10.1 Å². The largest absolute Gasteiger partial charge is 0.410 e. The summed E-state index contributed by atoms with van der Waals surface area (Å²) < 4.78 is 17.8. The highest BCUT2D eigenvalue weighted by Gasteiger charge is 2.21. The molecule has 0 spiro atoms. The van der Waals surface area contributed by atoms with Crippen molar-refractivity contribution in [3.63, 3.8) is 0 Å². The van der Waals surface area contributed by atoms with Crippen LogP contribution in [0.25, 0.3) is 0 Å². The van der Waals surface area contributed by atoms with E-state index in [9.17, 15) is 4.57 Å². The molecule has 0 saturated carbocycles. The molecule has 1 rings (SSSR count). The van der Waals surface area contributed by atoms with E-state index in [-0.39, 0.29) is 0 Å². The Morgan fingerprint density at radius 2 is 1.94 bits per heavy atom. The van der Waals surface area contributed by atoms with Crippen LogP contribution in [-0.2, 0) is 9.19 Å². The molecule has 88 valence electrons. The summed E-state index contributed by atoms with van der Waals surface area (Å²) in [6.45, 7) is 1.77. The van der Waals surface area contributed by atoms with Gasteiger partial charge >= 0.3 is 7.67 Å². The van der Waals surface area contributed by atoms with Crippen LogP contribution in [0.3, 0.4) is 0 Å². The minimum Gasteiger partial charge on any atom is -0.311 e. The second-order valence-corrected chi connectivity index (χ2v) is 5.63. The highest BCUT2D eigenvalue weighted by atomic mass is 31.2. The molecule has 1 atom stereocenters. The first-order chi connectivity index (χ1) is 7.43. The maximum Gasteiger partial charge on any atom is 0.410 e. The molecule has 1 unspecified atom stereocenters. The lowest BCUT2D eigenvalue weighted by Gasteiger charge is -2.16. The van der Waals surface area contributed by atoms with Crippen molar-refractivity contribution in [3.05, 3.63) is 35.9 Å². The summed E-state index contributed by atoms with van der Waals surface area (Å²) in [5, 5.41) is 3.77. The molecule has 16 heavy (non-hydrogen) atoms. The second-order valence-electron chi connectivity index (χ2n) is 3.54. The number of nitrogens with two attached hydrogens (primary N) is 1. The smallest absolute Gasteiger partial charge is 0.311 e. The van der Waals surface area contributed by atoms with Gasteiger partial charge in [-0.1, -0.05) is 35.5 Å². The molecule has 1 aromatic carbocycles. The summed E-state index contributed by atoms with van der Waals surface area (Å²) >= 11 is 0. The lowest BCUT2D eigenvalue weighted by Crippen LogP contribution is -2.15. The minimum absolute atomic E-state index is 0.633. The van der Waals surface area contributed by atoms with Crippen LogP contribution in [0.5, 0.6) is 0 Å². The predicted molar refractivity (Wildman–Crippen MR) is 65.2 cm³/mol. The van der Waals surface area contributed by atoms with Gasteiger partial charge in [0.15, 0.2) is 0 Å². The van der Waals surface area contributed by atoms with Gasteiger partial charge in [-0.15, -0.1) is 0 Å². The Hall–Kier alpha value is -1.16. The third-order valence-corrected chi connectivity index (χ3v) is 3.47. The Bertz CT molecular complexity index is 417. The zero-order valence-electron chi connectivity index (χ0n) is 9.62. The van der Waals surface area contributed by atoms with E-state index in [0.29, 0.717) is 5.71 Å². The average molecular weight is 241 g/mol. The van der Waals surface area contributed by atoms with E-state index in [1.807, 2.05) is 30.3 Å². The van der Waals surface area contributed by atoms with Crippen molar-refractivity contribution in [2.45, 2.75) is 6.92 Å². The first-order valence-corrected chi connectivity index (χ1v) is 6.43. The number of nitrogens with zero attached hydrogens (tertiary/aromatic N) is 2. The van der Waals surface area contributed by atoms with Crippen LogP contribution in [0.1, 0.15) is 12.5 Å². The van der Waals surface area contributed by atoms with Crippen molar-refractivity contribution in [2.24, 2.45) is 10.7 Å². The van der Waals surface area contributed by atoms with E-state index < -0.39 is 7.67 Å². The number of benzene rings is 1. The normalized spacial score (nSPS) is 15.9. The molecule has 0 heterocycles. The van der Waals surface area contributed by atoms with E-state index in [1.165, 1.54) is 4.67 Å². The number of rotatable bonds is 4. The van der Waals surface area contributed by atoms with Crippen LogP contribution in [0.2, 0.25) is 0 Å². The van der Waals surface area contributed by atoms with E-state index in [2.05, 4.69) is 5.16 Å². The van der Waals surface area contributed by atoms with Gasteiger partial charge in [0, 0.05) is 0 Å². The number of hydrogen-bond donors (Lipinski definition) is 1. The zero-order chi connectivity index (χ0) is 12.2. The van der Waals surface area contributed by atoms with Crippen molar-refractivity contribution in [1.82, 2.24) is 4.67 Å². The molecule has 0 aliphatic carbocycles. The highest BCUT2D eigenvalue weighted by molar-refractivity contribution is 7.53. The maximum absolute atomic E-state index is 11.6. The standard InChI is InChI=1S/C10H16N3O2P/c1-9(10-7-5-4-6-8-10)12-15-16(11,14)13(2)3/h4-8H,1-3H3,(H2,11,14)/b12-9+. The fourth-order valence-electron chi connectivity index (χ4n) is 0.925. The number of hydrogen-bond acceptors (Lipinski definition) is 3. The van der Waals surface area contributed by atoms with Gasteiger partial charge in [-0.3, -0.25) is 0 Å². The summed E-state index contributed by atoms with van der Waals surface area (Å²) in [5.74, 6) is 0. The molecule has 0 amide bonds. The zero-order valence-corrected chi connectivity index (χ0v) is 10.5. The Kier molecular flexibility index (Phi) is 4.24. The van der Waals surface area contributed by atoms with Crippen LogP contribution in [-0.4, -0.2) is 24.5 Å². The molecule has 0 bridgehead atoms. The molecule has 0 fully saturated rings. The lowest BCUT2D eigenvalue weighted by atomic mass is 10.1. The molecular weight excluding hydrogens is 225 g/mol. The quantitative estimate of drug-likeness (QED) is 0.497. The predicted octanol–water partition coefficient (Wildman–Crippen LogP) is 2.06. The first-order valence-electron chi connectivity index (χ1n) is 4.78. The van der Waals surface area contributed by atoms with Crippen molar-refractivity contribution in [1.29, 1.82) is 0 Å². The third-order valence-electron chi connectivity index (χ3n) is 2.04. The monoisotopic (exact) mass is 241 g/mol. The molecule has 0 aromatic heterocycles.